The number of carbonyl (C=O) groups excluding carboxylic acids is 1. The van der Waals surface area contributed by atoms with Gasteiger partial charge >= 0.3 is 6.09 Å². The molecular weight excluding hydrogens is 210 g/mol. The van der Waals surface area contributed by atoms with Gasteiger partial charge in [-0.25, -0.2) is 13.2 Å². The van der Waals surface area contributed by atoms with Crippen molar-refractivity contribution in [2.24, 2.45) is 5.16 Å². The Balaban J connectivity index is 4.45. The predicted octanol–water partition coefficient (Wildman–Crippen LogP) is 0.151. The predicted molar refractivity (Wildman–Crippen MR) is 53.0 cm³/mol. The van der Waals surface area contributed by atoms with Gasteiger partial charge in [-0.15, -0.1) is 0 Å². The first-order valence-corrected chi connectivity index (χ1v) is 5.47. The third-order valence-electron chi connectivity index (χ3n) is 1.56. The van der Waals surface area contributed by atoms with E-state index in [9.17, 15) is 13.2 Å². The lowest BCUT2D eigenvalue weighted by Gasteiger charge is -2.15. The summed E-state index contributed by atoms with van der Waals surface area (Å²) in [6.07, 6.45) is 0.619. The highest BCUT2D eigenvalue weighted by atomic mass is 32.2. The normalized spacial score (nSPS) is 16.9. The number of oxime groups is 1. The van der Waals surface area contributed by atoms with E-state index in [1.807, 2.05) is 0 Å². The van der Waals surface area contributed by atoms with Crippen LogP contribution in [0.3, 0.4) is 0 Å². The third kappa shape index (κ3) is 3.73. The SMILES string of the molecule is [2H][13C]([2H])([2H])N[13C](=O)O/N=C\C(C)(C)S(C)(=O)=O. The number of nitrogens with one attached hydrogen (secondary N) is 1. The van der Waals surface area contributed by atoms with Gasteiger partial charge in [0.05, 0.1) is 6.21 Å². The minimum Gasteiger partial charge on any atom is -0.323 e. The van der Waals surface area contributed by atoms with Crippen molar-refractivity contribution < 1.29 is 22.2 Å². The molecule has 0 unspecified atom stereocenters. The monoisotopic (exact) mass is 227 g/mol. The van der Waals surface area contributed by atoms with Crippen molar-refractivity contribution in [3.05, 3.63) is 0 Å². The molecule has 0 saturated heterocycles. The minimum atomic E-state index is -3.41. The molecule has 82 valence electrons. The Labute approximate surface area is 87.4 Å². The molecule has 7 heteroatoms. The molecule has 0 aliphatic carbocycles. The summed E-state index contributed by atoms with van der Waals surface area (Å²) in [4.78, 5) is 15.0. The average molecular weight is 227 g/mol. The van der Waals surface area contributed by atoms with Crippen molar-refractivity contribution >= 4 is 22.1 Å². The smallest absolute Gasteiger partial charge is 0.323 e. The van der Waals surface area contributed by atoms with Gasteiger partial charge in [-0.05, 0) is 13.8 Å². The molecule has 1 N–H and O–H groups in total. The number of hydrogen-bond acceptors (Lipinski definition) is 5. The molecule has 1 amide bonds. The highest BCUT2D eigenvalue weighted by molar-refractivity contribution is 7.92. The molecular formula is C7H14N2O4S. The molecule has 14 heavy (non-hydrogen) atoms. The van der Waals surface area contributed by atoms with Gasteiger partial charge in [0.2, 0.25) is 0 Å². The Kier molecular flexibility index (Phi) is 2.59. The van der Waals surface area contributed by atoms with Crippen LogP contribution in [0.15, 0.2) is 5.16 Å². The molecule has 0 aromatic rings. The summed E-state index contributed by atoms with van der Waals surface area (Å²) >= 11 is 0. The van der Waals surface area contributed by atoms with Crippen molar-refractivity contribution in [3.63, 3.8) is 0 Å². The lowest BCUT2D eigenvalue weighted by atomic mass is 10.2. The number of sulfone groups is 1. The zero-order chi connectivity index (χ0) is 13.9. The molecule has 6 nitrogen and oxygen atoms in total. The van der Waals surface area contributed by atoms with Crippen LogP contribution in [0.25, 0.3) is 0 Å². The summed E-state index contributed by atoms with van der Waals surface area (Å²) in [6, 6.07) is 0. The van der Waals surface area contributed by atoms with E-state index in [1.165, 1.54) is 19.2 Å². The van der Waals surface area contributed by atoms with Crippen LogP contribution < -0.4 is 5.32 Å². The fourth-order valence-corrected chi connectivity index (χ4v) is 0.554. The first-order chi connectivity index (χ1) is 7.35. The van der Waals surface area contributed by atoms with E-state index in [1.54, 1.807) is 0 Å². The standard InChI is InChI=1S/C7H14N2O4S/c1-7(2,14(4,11)12)5-9-13-6(10)8-3/h5H,1-4H3,(H,8,10)/b9-5-/i3+1D3,6+1. The summed E-state index contributed by atoms with van der Waals surface area (Å²) in [5.74, 6) is 0. The van der Waals surface area contributed by atoms with E-state index >= 15 is 0 Å². The number of rotatable bonds is 3. The number of hydrogen-bond donors (Lipinski definition) is 1. The topological polar surface area (TPSA) is 84.8 Å². The molecule has 0 heterocycles. The summed E-state index contributed by atoms with van der Waals surface area (Å²) < 4.78 is 41.2. The lowest BCUT2D eigenvalue weighted by Crippen LogP contribution is -2.32. The Hall–Kier alpha value is -1.11. The third-order valence-corrected chi connectivity index (χ3v) is 3.57. The minimum absolute atomic E-state index is 0.904. The molecule has 0 spiro atoms. The molecule has 0 rings (SSSR count). The number of nitrogens with zero attached hydrogens (tertiary/aromatic N) is 1. The summed E-state index contributed by atoms with van der Waals surface area (Å²) in [5, 5.41) is 4.65. The van der Waals surface area contributed by atoms with Crippen LogP contribution in [0, 0.1) is 0 Å². The van der Waals surface area contributed by atoms with Gasteiger partial charge in [0.1, 0.15) is 4.75 Å². The second kappa shape index (κ2) is 4.41. The van der Waals surface area contributed by atoms with Crippen LogP contribution in [0.2, 0.25) is 0 Å². The zero-order valence-electron chi connectivity index (χ0n) is 11.1. The van der Waals surface area contributed by atoms with Crippen LogP contribution >= 0.6 is 0 Å². The van der Waals surface area contributed by atoms with E-state index in [2.05, 4.69) is 9.99 Å². The zero-order valence-corrected chi connectivity index (χ0v) is 8.88. The number of carbonyl (C=O) groups is 1. The quantitative estimate of drug-likeness (QED) is 0.322. The molecule has 0 atom stereocenters. The van der Waals surface area contributed by atoms with Crippen LogP contribution in [-0.2, 0) is 14.7 Å². The first-order valence-electron chi connectivity index (χ1n) is 5.08. The molecule has 0 bridgehead atoms. The van der Waals surface area contributed by atoms with Crippen molar-refractivity contribution in [3.8, 4) is 0 Å². The van der Waals surface area contributed by atoms with Crippen LogP contribution in [0.5, 0.6) is 0 Å². The highest BCUT2D eigenvalue weighted by Crippen LogP contribution is 2.11. The number of amides is 1. The van der Waals surface area contributed by atoms with Crippen molar-refractivity contribution in [2.45, 2.75) is 18.6 Å². The maximum Gasteiger partial charge on any atom is 0.433 e. The van der Waals surface area contributed by atoms with Gasteiger partial charge in [0, 0.05) is 17.3 Å². The second-order valence-corrected chi connectivity index (χ2v) is 5.71. The summed E-state index contributed by atoms with van der Waals surface area (Å²) in [7, 11) is -3.41. The van der Waals surface area contributed by atoms with Gasteiger partial charge in [-0.1, -0.05) is 5.16 Å². The molecule has 0 radical (unpaired) electrons. The van der Waals surface area contributed by atoms with Crippen LogP contribution in [0.1, 0.15) is 18.0 Å². The second-order valence-electron chi connectivity index (χ2n) is 3.11. The van der Waals surface area contributed by atoms with E-state index < -0.39 is 27.7 Å². The van der Waals surface area contributed by atoms with Crippen molar-refractivity contribution in [1.29, 1.82) is 0 Å². The molecule has 0 aliphatic rings. The Morgan fingerprint density at radius 1 is 1.64 bits per heavy atom. The molecule has 0 fully saturated rings. The first kappa shape index (κ1) is 8.22. The van der Waals surface area contributed by atoms with Gasteiger partial charge in [-0.2, -0.15) is 0 Å². The largest absolute Gasteiger partial charge is 0.433 e. The van der Waals surface area contributed by atoms with Crippen molar-refractivity contribution in [2.75, 3.05) is 13.2 Å². The molecule has 0 aromatic carbocycles. The van der Waals surface area contributed by atoms with E-state index in [0.29, 0.717) is 0 Å². The van der Waals surface area contributed by atoms with Gasteiger partial charge in [0.25, 0.3) is 0 Å². The Morgan fingerprint density at radius 2 is 2.21 bits per heavy atom. The lowest BCUT2D eigenvalue weighted by molar-refractivity contribution is 0.153. The fourth-order valence-electron chi connectivity index (χ4n) is 0.320. The fraction of sp³-hybridized carbons (Fsp3) is 0.714. The van der Waals surface area contributed by atoms with Crippen LogP contribution in [0.4, 0.5) is 4.79 Å². The molecule has 0 saturated carbocycles. The molecule has 0 aliphatic heterocycles. The summed E-state index contributed by atoms with van der Waals surface area (Å²) in [5.41, 5.74) is 0. The van der Waals surface area contributed by atoms with Gasteiger partial charge in [0.15, 0.2) is 9.84 Å². The average Bonchev–Trinajstić information content (AvgIpc) is 1.97. The van der Waals surface area contributed by atoms with Crippen molar-refractivity contribution in [1.82, 2.24) is 5.32 Å². The Bertz CT molecular complexity index is 413. The summed E-state index contributed by atoms with van der Waals surface area (Å²) in [6.45, 7) is 0.0344. The Morgan fingerprint density at radius 3 is 2.64 bits per heavy atom. The van der Waals surface area contributed by atoms with Gasteiger partial charge < -0.3 is 5.32 Å². The van der Waals surface area contributed by atoms with E-state index in [0.717, 1.165) is 12.5 Å². The van der Waals surface area contributed by atoms with E-state index in [4.69, 9.17) is 4.11 Å². The van der Waals surface area contributed by atoms with Crippen LogP contribution in [-0.4, -0.2) is 38.7 Å². The maximum absolute atomic E-state index is 11.2. The van der Waals surface area contributed by atoms with Gasteiger partial charge in [-0.3, -0.25) is 4.84 Å². The molecule has 0 aromatic heterocycles. The highest BCUT2D eigenvalue weighted by Gasteiger charge is 2.28. The maximum atomic E-state index is 11.2. The van der Waals surface area contributed by atoms with E-state index in [-0.39, 0.29) is 0 Å².